The van der Waals surface area contributed by atoms with Gasteiger partial charge in [0.05, 0.1) is 18.8 Å². The molecule has 6 nitrogen and oxygen atoms in total. The van der Waals surface area contributed by atoms with E-state index in [4.69, 9.17) is 4.42 Å². The quantitative estimate of drug-likeness (QED) is 0.911. The van der Waals surface area contributed by atoms with Crippen molar-refractivity contribution < 1.29 is 4.42 Å². The number of hydrogen-bond acceptors (Lipinski definition) is 6. The molecule has 2 aliphatic heterocycles. The first kappa shape index (κ1) is 15.3. The molecule has 1 aromatic rings. The van der Waals surface area contributed by atoms with Crippen LogP contribution >= 0.6 is 0 Å². The van der Waals surface area contributed by atoms with Crippen LogP contribution in [0.1, 0.15) is 30.2 Å². The summed E-state index contributed by atoms with van der Waals surface area (Å²) in [6.07, 6.45) is 2.45. The van der Waals surface area contributed by atoms with Crippen LogP contribution < -0.4 is 5.32 Å². The minimum absolute atomic E-state index is 0.737. The van der Waals surface area contributed by atoms with Gasteiger partial charge in [0, 0.05) is 20.1 Å². The maximum Gasteiger partial charge on any atom is 0.208 e. The number of likely N-dealkylation sites (N-methyl/N-ethyl adjacent to an activating group) is 1. The zero-order valence-corrected chi connectivity index (χ0v) is 13.9. The molecule has 0 radical (unpaired) electrons. The topological polar surface area (TPSA) is 56.9 Å². The Kier molecular flexibility index (Phi) is 4.66. The molecule has 0 saturated carbocycles. The molecule has 2 aliphatic rings. The lowest BCUT2D eigenvalue weighted by molar-refractivity contribution is 0.164. The lowest BCUT2D eigenvalue weighted by Crippen LogP contribution is -2.41. The summed E-state index contributed by atoms with van der Waals surface area (Å²) in [4.78, 5) is 13.6. The fourth-order valence-electron chi connectivity index (χ4n) is 3.11. The fraction of sp³-hybridized carbons (Fsp3) is 0.750. The second kappa shape index (κ2) is 6.69. The molecule has 0 aliphatic carbocycles. The molecule has 0 atom stereocenters. The smallest absolute Gasteiger partial charge is 0.208 e. The van der Waals surface area contributed by atoms with Gasteiger partial charge >= 0.3 is 0 Å². The molecular weight excluding hydrogens is 278 g/mol. The lowest BCUT2D eigenvalue weighted by atomic mass is 9.97. The monoisotopic (exact) mass is 305 g/mol. The van der Waals surface area contributed by atoms with Gasteiger partial charge < -0.3 is 14.6 Å². The third-order valence-electron chi connectivity index (χ3n) is 4.75. The van der Waals surface area contributed by atoms with E-state index in [1.165, 1.54) is 12.8 Å². The average Bonchev–Trinajstić information content (AvgIpc) is 3.04. The Morgan fingerprint density at radius 2 is 2.00 bits per heavy atom. The first-order valence-corrected chi connectivity index (χ1v) is 8.26. The van der Waals surface area contributed by atoms with Gasteiger partial charge in [0.25, 0.3) is 0 Å². The molecule has 0 spiro atoms. The van der Waals surface area contributed by atoms with Crippen molar-refractivity contribution in [2.45, 2.75) is 33.2 Å². The van der Waals surface area contributed by atoms with Crippen molar-refractivity contribution in [3.8, 4) is 0 Å². The number of aliphatic imine (C=N–C) groups is 1. The maximum atomic E-state index is 5.68. The number of likely N-dealkylation sites (tertiary alicyclic amines) is 1. The Hall–Kier alpha value is -1.56. The van der Waals surface area contributed by atoms with Crippen molar-refractivity contribution in [2.75, 3.05) is 39.8 Å². The molecule has 6 heteroatoms. The molecule has 3 rings (SSSR count). The van der Waals surface area contributed by atoms with Crippen LogP contribution in [0, 0.1) is 19.8 Å². The maximum absolute atomic E-state index is 5.68. The Morgan fingerprint density at radius 1 is 1.23 bits per heavy atom. The largest absolute Gasteiger partial charge is 0.444 e. The van der Waals surface area contributed by atoms with Crippen molar-refractivity contribution >= 4 is 5.96 Å². The van der Waals surface area contributed by atoms with E-state index in [-0.39, 0.29) is 0 Å². The number of nitrogens with zero attached hydrogens (tertiary/aromatic N) is 4. The average molecular weight is 305 g/mol. The van der Waals surface area contributed by atoms with Gasteiger partial charge in [-0.2, -0.15) is 0 Å². The minimum atomic E-state index is 0.737. The molecule has 0 amide bonds. The Balaban J connectivity index is 1.40. The number of piperidine rings is 1. The Morgan fingerprint density at radius 3 is 2.59 bits per heavy atom. The van der Waals surface area contributed by atoms with Crippen molar-refractivity contribution in [1.82, 2.24) is 20.1 Å². The molecule has 0 bridgehead atoms. The summed E-state index contributed by atoms with van der Waals surface area (Å²) in [5.74, 6) is 3.60. The van der Waals surface area contributed by atoms with Crippen LogP contribution in [0.15, 0.2) is 9.41 Å². The minimum Gasteiger partial charge on any atom is -0.444 e. The highest BCUT2D eigenvalue weighted by molar-refractivity contribution is 5.81. The number of nitrogens with one attached hydrogen (secondary N) is 1. The van der Waals surface area contributed by atoms with Gasteiger partial charge in [0.1, 0.15) is 5.76 Å². The lowest BCUT2D eigenvalue weighted by Gasteiger charge is -2.31. The van der Waals surface area contributed by atoms with Crippen molar-refractivity contribution in [1.29, 1.82) is 0 Å². The van der Waals surface area contributed by atoms with E-state index in [1.807, 2.05) is 13.8 Å². The van der Waals surface area contributed by atoms with E-state index in [2.05, 4.69) is 32.1 Å². The second-order valence-electron chi connectivity index (χ2n) is 6.48. The zero-order chi connectivity index (χ0) is 15.5. The van der Waals surface area contributed by atoms with E-state index in [9.17, 15) is 0 Å². The van der Waals surface area contributed by atoms with Gasteiger partial charge in [-0.1, -0.05) is 0 Å². The zero-order valence-electron chi connectivity index (χ0n) is 13.9. The van der Waals surface area contributed by atoms with Gasteiger partial charge in [-0.25, -0.2) is 4.98 Å². The summed E-state index contributed by atoms with van der Waals surface area (Å²) < 4.78 is 5.68. The molecule has 1 N–H and O–H groups in total. The number of aromatic nitrogens is 1. The van der Waals surface area contributed by atoms with Gasteiger partial charge in [-0.15, -0.1) is 0 Å². The van der Waals surface area contributed by atoms with Crippen LogP contribution in [0.5, 0.6) is 0 Å². The van der Waals surface area contributed by atoms with Gasteiger partial charge in [-0.05, 0) is 45.7 Å². The van der Waals surface area contributed by atoms with Crippen molar-refractivity contribution in [2.24, 2.45) is 10.9 Å². The standard InChI is InChI=1S/C16H27N5O/c1-12-13(2)22-15(19-12)11-21-7-4-14(5-8-21)10-18-16-17-6-9-20(16)3/h14H,4-11H2,1-3H3,(H,17,18). The summed E-state index contributed by atoms with van der Waals surface area (Å²) in [7, 11) is 2.10. The van der Waals surface area contributed by atoms with Crippen LogP contribution in [0.25, 0.3) is 0 Å². The molecule has 3 heterocycles. The number of rotatable bonds is 4. The molecular formula is C16H27N5O. The molecule has 1 saturated heterocycles. The normalized spacial score (nSPS) is 20.5. The van der Waals surface area contributed by atoms with Crippen molar-refractivity contribution in [3.63, 3.8) is 0 Å². The summed E-state index contributed by atoms with van der Waals surface area (Å²) in [5, 5.41) is 3.50. The Labute approximate surface area is 132 Å². The molecule has 1 aromatic heterocycles. The van der Waals surface area contributed by atoms with Crippen LogP contribution in [-0.2, 0) is 6.54 Å². The number of hydrogen-bond donors (Lipinski definition) is 1. The highest BCUT2D eigenvalue weighted by Crippen LogP contribution is 2.19. The summed E-state index contributed by atoms with van der Waals surface area (Å²) in [6, 6.07) is 0. The highest BCUT2D eigenvalue weighted by Gasteiger charge is 2.22. The summed E-state index contributed by atoms with van der Waals surface area (Å²) in [5.41, 5.74) is 1.01. The summed E-state index contributed by atoms with van der Waals surface area (Å²) in [6.45, 7) is 10.1. The van der Waals surface area contributed by atoms with Gasteiger partial charge in [0.15, 0.2) is 5.96 Å². The number of guanidine groups is 1. The highest BCUT2D eigenvalue weighted by atomic mass is 16.4. The first-order chi connectivity index (χ1) is 10.6. The van der Waals surface area contributed by atoms with E-state index in [0.717, 1.165) is 68.5 Å². The van der Waals surface area contributed by atoms with Gasteiger partial charge in [-0.3, -0.25) is 9.89 Å². The predicted octanol–water partition coefficient (Wildman–Crippen LogP) is 1.39. The number of aryl methyl sites for hydroxylation is 2. The fourth-order valence-corrected chi connectivity index (χ4v) is 3.11. The van der Waals surface area contributed by atoms with Crippen LogP contribution in [0.4, 0.5) is 0 Å². The first-order valence-electron chi connectivity index (χ1n) is 8.26. The number of oxazole rings is 1. The molecule has 0 unspecified atom stereocenters. The second-order valence-corrected chi connectivity index (χ2v) is 6.48. The predicted molar refractivity (Wildman–Crippen MR) is 86.9 cm³/mol. The van der Waals surface area contributed by atoms with Crippen molar-refractivity contribution in [3.05, 3.63) is 17.3 Å². The van der Waals surface area contributed by atoms with E-state index in [0.29, 0.717) is 0 Å². The van der Waals surface area contributed by atoms with Crippen LogP contribution in [0.3, 0.4) is 0 Å². The Bertz CT molecular complexity index is 511. The van der Waals surface area contributed by atoms with Gasteiger partial charge in [0.2, 0.25) is 5.89 Å². The molecule has 122 valence electrons. The third-order valence-corrected chi connectivity index (χ3v) is 4.75. The molecule has 22 heavy (non-hydrogen) atoms. The SMILES string of the molecule is Cc1nc(CN2CCC(CNC3=NCCN3C)CC2)oc1C. The van der Waals surface area contributed by atoms with E-state index < -0.39 is 0 Å². The molecule has 0 aromatic carbocycles. The van der Waals surface area contributed by atoms with Crippen LogP contribution in [-0.4, -0.2) is 60.5 Å². The third kappa shape index (κ3) is 3.61. The van der Waals surface area contributed by atoms with Crippen LogP contribution in [0.2, 0.25) is 0 Å². The van der Waals surface area contributed by atoms with E-state index >= 15 is 0 Å². The molecule has 1 fully saturated rings. The summed E-state index contributed by atoms with van der Waals surface area (Å²) >= 11 is 0. The van der Waals surface area contributed by atoms with E-state index in [1.54, 1.807) is 0 Å².